The molecule has 7 heteroatoms. The Morgan fingerprint density at radius 2 is 1.72 bits per heavy atom. The summed E-state index contributed by atoms with van der Waals surface area (Å²) < 4.78 is 6.14. The highest BCUT2D eigenvalue weighted by atomic mass is 16.5. The molecule has 158 valence electrons. The van der Waals surface area contributed by atoms with E-state index in [1.165, 1.54) is 11.1 Å². The average Bonchev–Trinajstić information content (AvgIpc) is 2.66. The molecule has 0 bridgehead atoms. The second-order valence-corrected chi connectivity index (χ2v) is 7.26. The molecule has 0 amide bonds. The monoisotopic (exact) mass is 400 g/mol. The molecule has 5 N–H and O–H groups in total. The molecular weight excluding hydrogens is 368 g/mol. The maximum Gasteiger partial charge on any atom is 0.303 e. The van der Waals surface area contributed by atoms with Gasteiger partial charge in [-0.3, -0.25) is 4.79 Å². The summed E-state index contributed by atoms with van der Waals surface area (Å²) in [5.41, 5.74) is 16.0. The number of aliphatic carboxylic acids is 1. The molecule has 2 rings (SSSR count). The zero-order valence-corrected chi connectivity index (χ0v) is 17.4. The van der Waals surface area contributed by atoms with Crippen LogP contribution in [0.2, 0.25) is 0 Å². The number of hydrogen-bond donors (Lipinski definition) is 3. The summed E-state index contributed by atoms with van der Waals surface area (Å²) in [7, 11) is 0. The van der Waals surface area contributed by atoms with Crippen LogP contribution in [0.3, 0.4) is 0 Å². The lowest BCUT2D eigenvalue weighted by Gasteiger charge is -2.18. The van der Waals surface area contributed by atoms with E-state index in [-0.39, 0.29) is 12.4 Å². The van der Waals surface area contributed by atoms with Crippen LogP contribution < -0.4 is 16.2 Å². The van der Waals surface area contributed by atoms with Crippen LogP contribution in [0.25, 0.3) is 0 Å². The maximum absolute atomic E-state index is 10.7. The Kier molecular flexibility index (Phi) is 8.70. The lowest BCUT2D eigenvalue weighted by atomic mass is 9.95. The van der Waals surface area contributed by atoms with Gasteiger partial charge in [-0.1, -0.05) is 38.8 Å². The number of nitrogens with zero attached hydrogens (tertiary/aromatic N) is 2. The minimum atomic E-state index is -0.765. The van der Waals surface area contributed by atoms with Gasteiger partial charge in [-0.15, -0.1) is 0 Å². The van der Waals surface area contributed by atoms with Crippen LogP contribution in [0.5, 0.6) is 5.75 Å². The molecule has 0 saturated carbocycles. The number of carboxylic acid groups (broad SMARTS) is 1. The smallest absolute Gasteiger partial charge is 0.303 e. The SMILES string of the molecule is CCCc1cc(Cc2cnc(N)nc2N)cc(CCC)c1OCCCCC(=O)O. The second-order valence-electron chi connectivity index (χ2n) is 7.26. The molecule has 0 spiro atoms. The topological polar surface area (TPSA) is 124 Å². The Morgan fingerprint density at radius 1 is 1.07 bits per heavy atom. The summed E-state index contributed by atoms with van der Waals surface area (Å²) in [6, 6.07) is 4.34. The quantitative estimate of drug-likeness (QED) is 0.463. The molecule has 0 aliphatic carbocycles. The number of anilines is 2. The fourth-order valence-electron chi connectivity index (χ4n) is 3.37. The van der Waals surface area contributed by atoms with Crippen LogP contribution in [0.1, 0.15) is 68.2 Å². The van der Waals surface area contributed by atoms with Crippen molar-refractivity contribution in [3.63, 3.8) is 0 Å². The van der Waals surface area contributed by atoms with Crippen molar-refractivity contribution in [1.82, 2.24) is 9.97 Å². The molecular formula is C22H32N4O3. The maximum atomic E-state index is 10.7. The van der Waals surface area contributed by atoms with Gasteiger partial charge < -0.3 is 21.3 Å². The first-order valence-corrected chi connectivity index (χ1v) is 10.3. The number of aryl methyl sites for hydroxylation is 2. The number of carbonyl (C=O) groups is 1. The molecule has 2 aromatic rings. The average molecular weight is 401 g/mol. The van der Waals surface area contributed by atoms with E-state index in [1.54, 1.807) is 6.20 Å². The van der Waals surface area contributed by atoms with E-state index >= 15 is 0 Å². The summed E-state index contributed by atoms with van der Waals surface area (Å²) in [4.78, 5) is 18.8. The van der Waals surface area contributed by atoms with Gasteiger partial charge in [-0.2, -0.15) is 4.98 Å². The first-order valence-electron chi connectivity index (χ1n) is 10.3. The minimum absolute atomic E-state index is 0.177. The van der Waals surface area contributed by atoms with Crippen LogP contribution >= 0.6 is 0 Å². The minimum Gasteiger partial charge on any atom is -0.493 e. The molecule has 1 aromatic heterocycles. The van der Waals surface area contributed by atoms with Gasteiger partial charge in [0.25, 0.3) is 0 Å². The zero-order valence-electron chi connectivity index (χ0n) is 17.4. The van der Waals surface area contributed by atoms with Gasteiger partial charge in [-0.25, -0.2) is 4.98 Å². The summed E-state index contributed by atoms with van der Waals surface area (Å²) >= 11 is 0. The summed E-state index contributed by atoms with van der Waals surface area (Å²) in [5.74, 6) is 0.773. The highest BCUT2D eigenvalue weighted by Gasteiger charge is 2.14. The van der Waals surface area contributed by atoms with Crippen molar-refractivity contribution in [2.75, 3.05) is 18.1 Å². The standard InChI is InChI=1S/C22H32N4O3/c1-3-7-16-11-15(13-18-14-25-22(24)26-21(18)23)12-17(8-4-2)20(16)29-10-6-5-9-19(27)28/h11-12,14H,3-10,13H2,1-2H3,(H,27,28)(H4,23,24,25,26). The number of ether oxygens (including phenoxy) is 1. The fraction of sp³-hybridized carbons (Fsp3) is 0.500. The third kappa shape index (κ3) is 6.93. The van der Waals surface area contributed by atoms with Crippen molar-refractivity contribution in [1.29, 1.82) is 0 Å². The molecule has 0 fully saturated rings. The number of nitrogens with two attached hydrogens (primary N) is 2. The molecule has 0 atom stereocenters. The van der Waals surface area contributed by atoms with Crippen molar-refractivity contribution in [3.8, 4) is 5.75 Å². The third-order valence-electron chi connectivity index (χ3n) is 4.68. The summed E-state index contributed by atoms with van der Waals surface area (Å²) in [6.07, 6.45) is 7.71. The van der Waals surface area contributed by atoms with Gasteiger partial charge in [0.2, 0.25) is 5.95 Å². The van der Waals surface area contributed by atoms with Crippen molar-refractivity contribution >= 4 is 17.7 Å². The molecule has 0 saturated heterocycles. The third-order valence-corrected chi connectivity index (χ3v) is 4.68. The van der Waals surface area contributed by atoms with Crippen LogP contribution in [-0.4, -0.2) is 27.7 Å². The Morgan fingerprint density at radius 3 is 2.28 bits per heavy atom. The van der Waals surface area contributed by atoms with Gasteiger partial charge in [-0.05, 0) is 42.4 Å². The van der Waals surface area contributed by atoms with Gasteiger partial charge in [0.15, 0.2) is 0 Å². The van der Waals surface area contributed by atoms with E-state index in [4.69, 9.17) is 21.3 Å². The van der Waals surface area contributed by atoms with E-state index in [1.807, 2.05) is 0 Å². The Balaban J connectivity index is 2.24. The van der Waals surface area contributed by atoms with Gasteiger partial charge in [0.05, 0.1) is 6.61 Å². The fourth-order valence-corrected chi connectivity index (χ4v) is 3.37. The van der Waals surface area contributed by atoms with E-state index in [9.17, 15) is 4.79 Å². The highest BCUT2D eigenvalue weighted by Crippen LogP contribution is 2.30. The van der Waals surface area contributed by atoms with Gasteiger partial charge in [0, 0.05) is 24.6 Å². The zero-order chi connectivity index (χ0) is 21.2. The Bertz CT molecular complexity index is 797. The Labute approximate surface area is 172 Å². The molecule has 0 aliphatic rings. The normalized spacial score (nSPS) is 10.8. The van der Waals surface area contributed by atoms with E-state index in [0.717, 1.165) is 49.0 Å². The van der Waals surface area contributed by atoms with E-state index in [0.29, 0.717) is 25.3 Å². The predicted molar refractivity (Wildman–Crippen MR) is 115 cm³/mol. The number of benzene rings is 1. The lowest BCUT2D eigenvalue weighted by Crippen LogP contribution is -2.07. The summed E-state index contributed by atoms with van der Waals surface area (Å²) in [5, 5.41) is 8.78. The number of carboxylic acids is 1. The molecule has 0 unspecified atom stereocenters. The predicted octanol–water partition coefficient (Wildman–Crippen LogP) is 3.77. The van der Waals surface area contributed by atoms with Gasteiger partial charge >= 0.3 is 5.97 Å². The van der Waals surface area contributed by atoms with Crippen molar-refractivity contribution in [2.45, 2.75) is 65.2 Å². The van der Waals surface area contributed by atoms with E-state index < -0.39 is 5.97 Å². The molecule has 7 nitrogen and oxygen atoms in total. The second kappa shape index (κ2) is 11.2. The van der Waals surface area contributed by atoms with Crippen molar-refractivity contribution in [3.05, 3.63) is 40.6 Å². The van der Waals surface area contributed by atoms with Crippen LogP contribution in [0.4, 0.5) is 11.8 Å². The van der Waals surface area contributed by atoms with Crippen molar-refractivity contribution in [2.24, 2.45) is 0 Å². The Hall–Kier alpha value is -2.83. The van der Waals surface area contributed by atoms with Crippen LogP contribution in [0.15, 0.2) is 18.3 Å². The largest absolute Gasteiger partial charge is 0.493 e. The molecule has 1 heterocycles. The molecule has 0 radical (unpaired) electrons. The molecule has 29 heavy (non-hydrogen) atoms. The number of aromatic nitrogens is 2. The van der Waals surface area contributed by atoms with Crippen molar-refractivity contribution < 1.29 is 14.6 Å². The van der Waals surface area contributed by atoms with Crippen LogP contribution in [-0.2, 0) is 24.1 Å². The first-order chi connectivity index (χ1) is 13.9. The van der Waals surface area contributed by atoms with Crippen LogP contribution in [0, 0.1) is 0 Å². The van der Waals surface area contributed by atoms with E-state index in [2.05, 4.69) is 35.9 Å². The lowest BCUT2D eigenvalue weighted by molar-refractivity contribution is -0.137. The number of nitrogen functional groups attached to an aromatic ring is 2. The first kappa shape index (κ1) is 22.5. The molecule has 0 aliphatic heterocycles. The highest BCUT2D eigenvalue weighted by molar-refractivity contribution is 5.66. The molecule has 1 aromatic carbocycles. The number of unbranched alkanes of at least 4 members (excludes halogenated alkanes) is 1. The number of hydrogen-bond acceptors (Lipinski definition) is 6. The van der Waals surface area contributed by atoms with Gasteiger partial charge in [0.1, 0.15) is 11.6 Å². The summed E-state index contributed by atoms with van der Waals surface area (Å²) in [6.45, 7) is 4.82. The number of rotatable bonds is 12.